The van der Waals surface area contributed by atoms with Crippen LogP contribution in [0.15, 0.2) is 30.0 Å². The number of aliphatic carboxylic acids is 1. The molecule has 1 unspecified atom stereocenters. The van der Waals surface area contributed by atoms with Crippen molar-refractivity contribution >= 4 is 23.6 Å². The topological polar surface area (TPSA) is 78.9 Å². The molecule has 0 saturated heterocycles. The van der Waals surface area contributed by atoms with Crippen LogP contribution in [0.4, 0.5) is 18.0 Å². The van der Waals surface area contributed by atoms with E-state index in [1.165, 1.54) is 4.90 Å². The lowest BCUT2D eigenvalue weighted by Crippen LogP contribution is -2.56. The van der Waals surface area contributed by atoms with Crippen LogP contribution in [0.5, 0.6) is 5.75 Å². The van der Waals surface area contributed by atoms with Crippen LogP contribution in [0.25, 0.3) is 0 Å². The first kappa shape index (κ1) is 22.8. The summed E-state index contributed by atoms with van der Waals surface area (Å²) in [5.74, 6) is -0.813. The highest BCUT2D eigenvalue weighted by molar-refractivity contribution is 6.32. The van der Waals surface area contributed by atoms with Crippen molar-refractivity contribution in [2.45, 2.75) is 56.7 Å². The van der Waals surface area contributed by atoms with Crippen molar-refractivity contribution in [3.8, 4) is 5.75 Å². The summed E-state index contributed by atoms with van der Waals surface area (Å²) in [4.78, 5) is 25.0. The van der Waals surface area contributed by atoms with E-state index in [1.807, 2.05) is 0 Å². The molecule has 1 atom stereocenters. The fourth-order valence-electron chi connectivity index (χ4n) is 4.44. The van der Waals surface area contributed by atoms with Crippen LogP contribution in [-0.2, 0) is 10.3 Å². The molecule has 6 nitrogen and oxygen atoms in total. The minimum atomic E-state index is -4.31. The van der Waals surface area contributed by atoms with Crippen LogP contribution in [0, 0.1) is 5.41 Å². The van der Waals surface area contributed by atoms with Crippen LogP contribution in [0.2, 0.25) is 5.02 Å². The standard InChI is InChI=1S/C22H24ClF3N2O4/c23-16-11-14(4-5-17(16)32-13-20(8-9-20)22(24,25)26)21-7-2-1-3-15(21)12-28(19(31)27-21)10-6-18(29)30/h4-5,11-12H,1-3,6-10,13H2,(H,27,31)(H,29,30). The lowest BCUT2D eigenvalue weighted by atomic mass is 9.72. The molecule has 2 aliphatic carbocycles. The number of fused-ring (bicyclic) bond motifs is 1. The van der Waals surface area contributed by atoms with E-state index in [9.17, 15) is 22.8 Å². The van der Waals surface area contributed by atoms with E-state index in [1.54, 1.807) is 24.4 Å². The zero-order chi connectivity index (χ0) is 23.1. The monoisotopic (exact) mass is 472 g/mol. The summed E-state index contributed by atoms with van der Waals surface area (Å²) in [7, 11) is 0. The highest BCUT2D eigenvalue weighted by Crippen LogP contribution is 2.57. The van der Waals surface area contributed by atoms with Gasteiger partial charge in [0.25, 0.3) is 0 Å². The molecule has 4 rings (SSSR count). The van der Waals surface area contributed by atoms with E-state index in [-0.39, 0.29) is 36.6 Å². The Balaban J connectivity index is 1.56. The Bertz CT molecular complexity index is 961. The van der Waals surface area contributed by atoms with Crippen molar-refractivity contribution in [3.63, 3.8) is 0 Å². The molecule has 0 aromatic heterocycles. The number of nitrogens with zero attached hydrogens (tertiary/aromatic N) is 1. The van der Waals surface area contributed by atoms with E-state index < -0.39 is 35.7 Å². The fraction of sp³-hybridized carbons (Fsp3) is 0.545. The maximum Gasteiger partial charge on any atom is 0.397 e. The first-order chi connectivity index (χ1) is 15.1. The van der Waals surface area contributed by atoms with Gasteiger partial charge in [0.05, 0.1) is 17.0 Å². The van der Waals surface area contributed by atoms with Crippen LogP contribution in [0.3, 0.4) is 0 Å². The normalized spacial score (nSPS) is 24.3. The number of carboxylic acids is 1. The van der Waals surface area contributed by atoms with Gasteiger partial charge in [0, 0.05) is 12.7 Å². The van der Waals surface area contributed by atoms with E-state index in [0.29, 0.717) is 6.42 Å². The molecule has 0 spiro atoms. The van der Waals surface area contributed by atoms with Gasteiger partial charge in [-0.05, 0) is 55.4 Å². The molecule has 1 heterocycles. The zero-order valence-electron chi connectivity index (χ0n) is 17.3. The van der Waals surface area contributed by atoms with Crippen LogP contribution < -0.4 is 10.1 Å². The Kier molecular flexibility index (Phi) is 5.81. The number of carboxylic acid groups (broad SMARTS) is 1. The average molecular weight is 473 g/mol. The first-order valence-corrected chi connectivity index (χ1v) is 11.0. The number of carbonyl (C=O) groups excluding carboxylic acids is 1. The Morgan fingerprint density at radius 1 is 1.25 bits per heavy atom. The number of rotatable bonds is 7. The van der Waals surface area contributed by atoms with Crippen molar-refractivity contribution < 1.29 is 32.6 Å². The molecule has 1 aliphatic heterocycles. The fourth-order valence-corrected chi connectivity index (χ4v) is 4.68. The number of nitrogens with one attached hydrogen (secondary N) is 1. The number of hydrogen-bond donors (Lipinski definition) is 2. The van der Waals surface area contributed by atoms with Crippen molar-refractivity contribution in [1.29, 1.82) is 0 Å². The van der Waals surface area contributed by atoms with Crippen LogP contribution in [-0.4, -0.2) is 41.3 Å². The van der Waals surface area contributed by atoms with Crippen LogP contribution in [0.1, 0.15) is 50.5 Å². The third-order valence-corrected chi connectivity index (χ3v) is 6.93. The van der Waals surface area contributed by atoms with Crippen molar-refractivity contribution in [1.82, 2.24) is 10.2 Å². The summed E-state index contributed by atoms with van der Waals surface area (Å²) in [6.45, 7) is -0.406. The number of hydrogen-bond acceptors (Lipinski definition) is 3. The van der Waals surface area contributed by atoms with Gasteiger partial charge in [-0.15, -0.1) is 0 Å². The van der Waals surface area contributed by atoms with E-state index in [2.05, 4.69) is 5.32 Å². The van der Waals surface area contributed by atoms with E-state index in [0.717, 1.165) is 30.4 Å². The maximum atomic E-state index is 13.2. The second kappa shape index (κ2) is 8.17. The first-order valence-electron chi connectivity index (χ1n) is 10.6. The molecule has 2 saturated carbocycles. The van der Waals surface area contributed by atoms with Gasteiger partial charge in [0.15, 0.2) is 0 Å². The van der Waals surface area contributed by atoms with Crippen molar-refractivity contribution in [2.24, 2.45) is 5.41 Å². The third kappa shape index (κ3) is 4.14. The largest absolute Gasteiger partial charge is 0.491 e. The van der Waals surface area contributed by atoms with Gasteiger partial charge in [-0.3, -0.25) is 4.79 Å². The highest BCUT2D eigenvalue weighted by Gasteiger charge is 2.64. The molecule has 174 valence electrons. The molecular formula is C22H24ClF3N2O4. The molecule has 10 heteroatoms. The summed E-state index contributed by atoms with van der Waals surface area (Å²) < 4.78 is 44.9. The minimum absolute atomic E-state index is 0.0495. The maximum absolute atomic E-state index is 13.2. The van der Waals surface area contributed by atoms with Crippen LogP contribution >= 0.6 is 11.6 Å². The predicted octanol–water partition coefficient (Wildman–Crippen LogP) is 5.21. The smallest absolute Gasteiger partial charge is 0.397 e. The average Bonchev–Trinajstić information content (AvgIpc) is 3.52. The molecule has 2 amide bonds. The van der Waals surface area contributed by atoms with Gasteiger partial charge in [-0.25, -0.2) is 4.79 Å². The van der Waals surface area contributed by atoms with Gasteiger partial charge in [0.2, 0.25) is 0 Å². The third-order valence-electron chi connectivity index (χ3n) is 6.64. The predicted molar refractivity (Wildman–Crippen MR) is 110 cm³/mol. The van der Waals surface area contributed by atoms with Gasteiger partial charge in [-0.2, -0.15) is 13.2 Å². The summed E-state index contributed by atoms with van der Waals surface area (Å²) >= 11 is 6.38. The Morgan fingerprint density at radius 2 is 2.00 bits per heavy atom. The molecule has 2 fully saturated rings. The number of benzene rings is 1. The number of alkyl halides is 3. The molecule has 32 heavy (non-hydrogen) atoms. The van der Waals surface area contributed by atoms with Gasteiger partial charge in [-0.1, -0.05) is 24.1 Å². The number of urea groups is 1. The minimum Gasteiger partial charge on any atom is -0.491 e. The lowest BCUT2D eigenvalue weighted by Gasteiger charge is -2.45. The summed E-state index contributed by atoms with van der Waals surface area (Å²) in [5.41, 5.74) is -0.888. The molecule has 2 N–H and O–H groups in total. The number of amides is 2. The second-order valence-corrected chi connectivity index (χ2v) is 9.15. The molecule has 1 aromatic carbocycles. The summed E-state index contributed by atoms with van der Waals surface area (Å²) in [6, 6.07) is 4.51. The number of ether oxygens (including phenoxy) is 1. The second-order valence-electron chi connectivity index (χ2n) is 8.75. The summed E-state index contributed by atoms with van der Waals surface area (Å²) in [6.07, 6.45) is 0.530. The quantitative estimate of drug-likeness (QED) is 0.570. The van der Waals surface area contributed by atoms with Gasteiger partial charge < -0.3 is 20.1 Å². The Labute approximate surface area is 188 Å². The molecular weight excluding hydrogens is 449 g/mol. The van der Waals surface area contributed by atoms with E-state index >= 15 is 0 Å². The van der Waals surface area contributed by atoms with Gasteiger partial charge in [0.1, 0.15) is 17.8 Å². The van der Waals surface area contributed by atoms with Crippen molar-refractivity contribution in [3.05, 3.63) is 40.6 Å². The molecule has 0 radical (unpaired) electrons. The molecule has 0 bridgehead atoms. The molecule has 3 aliphatic rings. The van der Waals surface area contributed by atoms with Crippen molar-refractivity contribution in [2.75, 3.05) is 13.2 Å². The SMILES string of the molecule is O=C(O)CCN1C=C2CCCCC2(c2ccc(OCC3(C(F)(F)F)CC3)c(Cl)c2)NC1=O. The highest BCUT2D eigenvalue weighted by atomic mass is 35.5. The Morgan fingerprint density at radius 3 is 2.62 bits per heavy atom. The zero-order valence-corrected chi connectivity index (χ0v) is 18.1. The lowest BCUT2D eigenvalue weighted by molar-refractivity contribution is -0.194. The molecule has 1 aromatic rings. The van der Waals surface area contributed by atoms with Gasteiger partial charge >= 0.3 is 18.2 Å². The number of carbonyl (C=O) groups is 2. The Hall–Kier alpha value is -2.42. The van der Waals surface area contributed by atoms with E-state index in [4.69, 9.17) is 21.4 Å². The number of halogens is 4. The summed E-state index contributed by atoms with van der Waals surface area (Å²) in [5, 5.41) is 12.1.